The smallest absolute Gasteiger partial charge is 0.123 e. The predicted molar refractivity (Wildman–Crippen MR) is 58.4 cm³/mol. The topological polar surface area (TPSA) is 38.5 Å². The van der Waals surface area contributed by atoms with E-state index in [1.54, 1.807) is 7.11 Å². The van der Waals surface area contributed by atoms with E-state index in [0.29, 0.717) is 6.54 Å². The van der Waals surface area contributed by atoms with Crippen LogP contribution in [-0.2, 0) is 6.54 Å². The first-order chi connectivity index (χ1) is 6.77. The fourth-order valence-electron chi connectivity index (χ4n) is 1.42. The molecule has 0 saturated heterocycles. The highest BCUT2D eigenvalue weighted by atomic mass is 16.5. The molecule has 1 aromatic rings. The Labute approximate surface area is 85.5 Å². The summed E-state index contributed by atoms with van der Waals surface area (Å²) in [6.45, 7) is 2.46. The van der Waals surface area contributed by atoms with E-state index in [9.17, 15) is 0 Å². The molecule has 78 valence electrons. The molecule has 2 N–H and O–H groups in total. The average Bonchev–Trinajstić information content (AvgIpc) is 2.19. The van der Waals surface area contributed by atoms with Crippen LogP contribution < -0.4 is 10.5 Å². The van der Waals surface area contributed by atoms with Gasteiger partial charge in [0, 0.05) is 25.2 Å². The van der Waals surface area contributed by atoms with Crippen LogP contribution in [0.5, 0.6) is 5.75 Å². The molecule has 0 radical (unpaired) electrons. The molecule has 0 amide bonds. The number of hydrogen-bond donors (Lipinski definition) is 1. The third-order valence-corrected chi connectivity index (χ3v) is 2.14. The van der Waals surface area contributed by atoms with Gasteiger partial charge in [-0.3, -0.25) is 0 Å². The molecule has 0 heterocycles. The summed E-state index contributed by atoms with van der Waals surface area (Å²) in [5.74, 6) is 0.941. The third-order valence-electron chi connectivity index (χ3n) is 2.14. The number of rotatable bonds is 5. The fraction of sp³-hybridized carbons (Fsp3) is 0.455. The number of likely N-dealkylation sites (N-methyl/N-ethyl adjacent to an activating group) is 1. The lowest BCUT2D eigenvalue weighted by Crippen LogP contribution is -2.25. The molecule has 1 rings (SSSR count). The normalized spacial score (nSPS) is 10.6. The number of ether oxygens (including phenoxy) is 1. The van der Waals surface area contributed by atoms with Gasteiger partial charge < -0.3 is 15.4 Å². The van der Waals surface area contributed by atoms with Crippen molar-refractivity contribution in [2.45, 2.75) is 6.54 Å². The molecule has 0 aliphatic rings. The van der Waals surface area contributed by atoms with Crippen molar-refractivity contribution < 1.29 is 4.74 Å². The van der Waals surface area contributed by atoms with E-state index in [4.69, 9.17) is 10.5 Å². The Morgan fingerprint density at radius 3 is 2.71 bits per heavy atom. The maximum absolute atomic E-state index is 5.48. The minimum atomic E-state index is 0.686. The molecule has 1 aromatic carbocycles. The molecule has 0 unspecified atom stereocenters. The first kappa shape index (κ1) is 11.0. The fourth-order valence-corrected chi connectivity index (χ4v) is 1.42. The summed E-state index contributed by atoms with van der Waals surface area (Å²) in [5, 5.41) is 0. The van der Waals surface area contributed by atoms with Crippen LogP contribution in [0.15, 0.2) is 24.3 Å². The monoisotopic (exact) mass is 194 g/mol. The second-order valence-corrected chi connectivity index (χ2v) is 3.34. The zero-order valence-corrected chi connectivity index (χ0v) is 8.86. The van der Waals surface area contributed by atoms with Crippen LogP contribution in [0.1, 0.15) is 5.56 Å². The van der Waals surface area contributed by atoms with Crippen molar-refractivity contribution in [3.8, 4) is 5.75 Å². The Kier molecular flexibility index (Phi) is 4.43. The largest absolute Gasteiger partial charge is 0.496 e. The first-order valence-corrected chi connectivity index (χ1v) is 4.78. The minimum Gasteiger partial charge on any atom is -0.496 e. The van der Waals surface area contributed by atoms with Gasteiger partial charge in [0.15, 0.2) is 0 Å². The Morgan fingerprint density at radius 1 is 1.36 bits per heavy atom. The van der Waals surface area contributed by atoms with Crippen molar-refractivity contribution in [1.29, 1.82) is 0 Å². The maximum atomic E-state index is 5.48. The van der Waals surface area contributed by atoms with Crippen molar-refractivity contribution in [1.82, 2.24) is 4.90 Å². The summed E-state index contributed by atoms with van der Waals surface area (Å²) in [6, 6.07) is 8.05. The number of nitrogens with two attached hydrogens (primary N) is 1. The standard InChI is InChI=1S/C11H18N2O/c1-13(8-7-12)9-10-5-3-4-6-11(10)14-2/h3-6H,7-9,12H2,1-2H3. The van der Waals surface area contributed by atoms with Gasteiger partial charge in [-0.05, 0) is 13.1 Å². The van der Waals surface area contributed by atoms with Gasteiger partial charge in [0.05, 0.1) is 7.11 Å². The Balaban J connectivity index is 2.65. The van der Waals surface area contributed by atoms with E-state index in [2.05, 4.69) is 18.0 Å². The van der Waals surface area contributed by atoms with Gasteiger partial charge >= 0.3 is 0 Å². The molecule has 3 heteroatoms. The van der Waals surface area contributed by atoms with Crippen LogP contribution in [0, 0.1) is 0 Å². The summed E-state index contributed by atoms with van der Waals surface area (Å²) in [7, 11) is 3.75. The number of methoxy groups -OCH3 is 1. The van der Waals surface area contributed by atoms with Crippen LogP contribution in [0.4, 0.5) is 0 Å². The lowest BCUT2D eigenvalue weighted by atomic mass is 10.2. The highest BCUT2D eigenvalue weighted by Gasteiger charge is 2.04. The second kappa shape index (κ2) is 5.62. The molecular weight excluding hydrogens is 176 g/mol. The van der Waals surface area contributed by atoms with Crippen molar-refractivity contribution in [2.75, 3.05) is 27.2 Å². The van der Waals surface area contributed by atoms with Crippen molar-refractivity contribution >= 4 is 0 Å². The van der Waals surface area contributed by atoms with Gasteiger partial charge in [0.25, 0.3) is 0 Å². The van der Waals surface area contributed by atoms with Crippen LogP contribution in [0.25, 0.3) is 0 Å². The SMILES string of the molecule is COc1ccccc1CN(C)CCN. The molecule has 0 saturated carbocycles. The van der Waals surface area contributed by atoms with E-state index in [0.717, 1.165) is 18.8 Å². The van der Waals surface area contributed by atoms with Gasteiger partial charge in [-0.25, -0.2) is 0 Å². The maximum Gasteiger partial charge on any atom is 0.123 e. The van der Waals surface area contributed by atoms with E-state index >= 15 is 0 Å². The second-order valence-electron chi connectivity index (χ2n) is 3.34. The number of hydrogen-bond acceptors (Lipinski definition) is 3. The molecule has 0 aliphatic carbocycles. The molecule has 0 atom stereocenters. The van der Waals surface area contributed by atoms with Crippen molar-refractivity contribution in [3.05, 3.63) is 29.8 Å². The molecule has 3 nitrogen and oxygen atoms in total. The summed E-state index contributed by atoms with van der Waals surface area (Å²) < 4.78 is 5.27. The van der Waals surface area contributed by atoms with Crippen LogP contribution >= 0.6 is 0 Å². The summed E-state index contributed by atoms with van der Waals surface area (Å²) >= 11 is 0. The highest BCUT2D eigenvalue weighted by Crippen LogP contribution is 2.18. The van der Waals surface area contributed by atoms with E-state index < -0.39 is 0 Å². The van der Waals surface area contributed by atoms with Gasteiger partial charge in [-0.15, -0.1) is 0 Å². The lowest BCUT2D eigenvalue weighted by molar-refractivity contribution is 0.325. The van der Waals surface area contributed by atoms with Crippen molar-refractivity contribution in [3.63, 3.8) is 0 Å². The van der Waals surface area contributed by atoms with Gasteiger partial charge in [-0.2, -0.15) is 0 Å². The molecule has 0 bridgehead atoms. The number of nitrogens with zero attached hydrogens (tertiary/aromatic N) is 1. The Hall–Kier alpha value is -1.06. The molecule has 14 heavy (non-hydrogen) atoms. The molecule has 0 spiro atoms. The predicted octanol–water partition coefficient (Wildman–Crippen LogP) is 1.09. The molecule has 0 aromatic heterocycles. The molecule has 0 aliphatic heterocycles. The van der Waals surface area contributed by atoms with E-state index in [1.165, 1.54) is 5.56 Å². The third kappa shape index (κ3) is 3.01. The Bertz CT molecular complexity index is 276. The van der Waals surface area contributed by atoms with Gasteiger partial charge in [0.2, 0.25) is 0 Å². The average molecular weight is 194 g/mol. The molecule has 0 fully saturated rings. The molecular formula is C11H18N2O. The number of para-hydroxylation sites is 1. The quantitative estimate of drug-likeness (QED) is 0.762. The number of benzene rings is 1. The minimum absolute atomic E-state index is 0.686. The first-order valence-electron chi connectivity index (χ1n) is 4.78. The highest BCUT2D eigenvalue weighted by molar-refractivity contribution is 5.32. The van der Waals surface area contributed by atoms with E-state index in [-0.39, 0.29) is 0 Å². The van der Waals surface area contributed by atoms with Gasteiger partial charge in [0.1, 0.15) is 5.75 Å². The Morgan fingerprint density at radius 2 is 2.07 bits per heavy atom. The zero-order chi connectivity index (χ0) is 10.4. The van der Waals surface area contributed by atoms with Gasteiger partial charge in [-0.1, -0.05) is 18.2 Å². The van der Waals surface area contributed by atoms with Crippen LogP contribution in [-0.4, -0.2) is 32.1 Å². The lowest BCUT2D eigenvalue weighted by Gasteiger charge is -2.17. The van der Waals surface area contributed by atoms with Crippen molar-refractivity contribution in [2.24, 2.45) is 5.73 Å². The van der Waals surface area contributed by atoms with Crippen LogP contribution in [0.3, 0.4) is 0 Å². The van der Waals surface area contributed by atoms with E-state index in [1.807, 2.05) is 18.2 Å². The summed E-state index contributed by atoms with van der Waals surface area (Å²) in [6.07, 6.45) is 0. The zero-order valence-electron chi connectivity index (χ0n) is 8.86. The summed E-state index contributed by atoms with van der Waals surface area (Å²) in [4.78, 5) is 2.18. The summed E-state index contributed by atoms with van der Waals surface area (Å²) in [5.41, 5.74) is 6.68. The van der Waals surface area contributed by atoms with Crippen LogP contribution in [0.2, 0.25) is 0 Å².